The Kier molecular flexibility index (Phi) is 10.6. The molecule has 0 aliphatic carbocycles. The van der Waals surface area contributed by atoms with Crippen molar-refractivity contribution in [2.24, 2.45) is 0 Å². The van der Waals surface area contributed by atoms with Gasteiger partial charge in [0.2, 0.25) is 11.8 Å². The topological polar surface area (TPSA) is 153 Å². The van der Waals surface area contributed by atoms with Crippen molar-refractivity contribution in [3.05, 3.63) is 29.3 Å². The number of hydrogen-bond acceptors (Lipinski definition) is 10. The number of aliphatic hydroxyl groups is 1. The second kappa shape index (κ2) is 13.9. The maximum absolute atomic E-state index is 13.0. The van der Waals surface area contributed by atoms with Crippen LogP contribution in [-0.2, 0) is 28.5 Å². The normalized spacial score (nSPS) is 17.6. The highest BCUT2D eigenvalue weighted by Crippen LogP contribution is 2.32. The van der Waals surface area contributed by atoms with Crippen LogP contribution < -0.4 is 10.6 Å². The number of ether oxygens (including phenoxy) is 4. The summed E-state index contributed by atoms with van der Waals surface area (Å²) in [5.41, 5.74) is 0.920. The molecule has 1 unspecified atom stereocenters. The molecule has 4 amide bonds. The fourth-order valence-corrected chi connectivity index (χ4v) is 3.75. The Hall–Kier alpha value is -2.90. The van der Waals surface area contributed by atoms with Crippen LogP contribution in [0.5, 0.6) is 0 Å². The fourth-order valence-electron chi connectivity index (χ4n) is 3.75. The number of aliphatic hydroxyl groups excluding tert-OH is 1. The van der Waals surface area contributed by atoms with E-state index in [1.807, 2.05) is 0 Å². The summed E-state index contributed by atoms with van der Waals surface area (Å²) in [6, 6.07) is 3.90. The molecule has 192 valence electrons. The van der Waals surface area contributed by atoms with E-state index in [1.165, 1.54) is 0 Å². The molecule has 1 saturated heterocycles. The molecule has 0 saturated carbocycles. The molecule has 0 radical (unpaired) electrons. The molecular formula is C23H31N3O9. The van der Waals surface area contributed by atoms with Crippen LogP contribution in [-0.4, -0.2) is 106 Å². The Morgan fingerprint density at radius 2 is 1.51 bits per heavy atom. The van der Waals surface area contributed by atoms with Crippen LogP contribution in [0.1, 0.15) is 33.6 Å². The van der Waals surface area contributed by atoms with Gasteiger partial charge in [-0.2, -0.15) is 0 Å². The number of hydrogen-bond donors (Lipinski definition) is 3. The highest BCUT2D eigenvalue weighted by Gasteiger charge is 2.45. The smallest absolute Gasteiger partial charge is 0.264 e. The van der Waals surface area contributed by atoms with Crippen LogP contribution in [0.3, 0.4) is 0 Å². The van der Waals surface area contributed by atoms with Crippen LogP contribution in [0.15, 0.2) is 18.2 Å². The van der Waals surface area contributed by atoms with Gasteiger partial charge in [0.05, 0.1) is 70.6 Å². The number of imide groups is 2. The average Bonchev–Trinajstić information content (AvgIpc) is 3.10. The number of amides is 4. The Morgan fingerprint density at radius 3 is 2.14 bits per heavy atom. The van der Waals surface area contributed by atoms with Gasteiger partial charge in [-0.25, -0.2) is 0 Å². The lowest BCUT2D eigenvalue weighted by atomic mass is 10.0. The Bertz CT molecular complexity index is 908. The predicted octanol–water partition coefficient (Wildman–Crippen LogP) is -0.442. The van der Waals surface area contributed by atoms with Crippen molar-refractivity contribution >= 4 is 29.3 Å². The maximum atomic E-state index is 13.0. The summed E-state index contributed by atoms with van der Waals surface area (Å²) in [5.74, 6) is -2.15. The number of piperidine rings is 1. The number of anilines is 1. The second-order valence-electron chi connectivity index (χ2n) is 7.78. The van der Waals surface area contributed by atoms with Crippen molar-refractivity contribution in [2.75, 3.05) is 71.3 Å². The lowest BCUT2D eigenvalue weighted by Gasteiger charge is -2.27. The minimum absolute atomic E-state index is 0.00680. The molecule has 0 spiro atoms. The molecule has 0 bridgehead atoms. The van der Waals surface area contributed by atoms with Crippen molar-refractivity contribution in [2.45, 2.75) is 18.9 Å². The fraction of sp³-hybridized carbons (Fsp3) is 0.565. The Balaban J connectivity index is 1.35. The van der Waals surface area contributed by atoms with Gasteiger partial charge in [0.1, 0.15) is 6.04 Å². The Morgan fingerprint density at radius 1 is 0.886 bits per heavy atom. The van der Waals surface area contributed by atoms with Gasteiger partial charge in [-0.15, -0.1) is 0 Å². The summed E-state index contributed by atoms with van der Waals surface area (Å²) in [4.78, 5) is 50.4. The number of carbonyl (C=O) groups excluding carboxylic acids is 4. The van der Waals surface area contributed by atoms with E-state index >= 15 is 0 Å². The molecule has 3 rings (SSSR count). The zero-order valence-electron chi connectivity index (χ0n) is 19.5. The van der Waals surface area contributed by atoms with E-state index in [2.05, 4.69) is 10.6 Å². The molecule has 12 nitrogen and oxygen atoms in total. The first-order valence-electron chi connectivity index (χ1n) is 11.5. The highest BCUT2D eigenvalue weighted by atomic mass is 16.6. The SMILES string of the molecule is O=C1CCC(N2C(=O)c3cccc(NCCOCCOCCOCCOCCO)c3C2=O)C(=O)N1. The molecular weight excluding hydrogens is 462 g/mol. The molecule has 1 atom stereocenters. The predicted molar refractivity (Wildman–Crippen MR) is 122 cm³/mol. The molecule has 1 aromatic rings. The van der Waals surface area contributed by atoms with Gasteiger partial charge < -0.3 is 29.4 Å². The number of benzene rings is 1. The lowest BCUT2D eigenvalue weighted by molar-refractivity contribution is -0.136. The number of nitrogens with zero attached hydrogens (tertiary/aromatic N) is 1. The van der Waals surface area contributed by atoms with E-state index in [0.717, 1.165) is 4.90 Å². The molecule has 12 heteroatoms. The van der Waals surface area contributed by atoms with Gasteiger partial charge in [0.15, 0.2) is 0 Å². The van der Waals surface area contributed by atoms with E-state index in [0.29, 0.717) is 65.1 Å². The molecule has 2 aliphatic heterocycles. The van der Waals surface area contributed by atoms with Gasteiger partial charge in [-0.05, 0) is 18.6 Å². The standard InChI is InChI=1S/C23H31N3O9/c27-7-9-33-11-13-35-15-14-34-12-10-32-8-6-24-17-3-1-2-16-20(17)23(31)26(22(16)30)18-4-5-19(28)25-21(18)29/h1-3,18,24,27H,4-15H2,(H,25,28,29). The monoisotopic (exact) mass is 493 g/mol. The number of nitrogens with one attached hydrogen (secondary N) is 2. The second-order valence-corrected chi connectivity index (χ2v) is 7.78. The van der Waals surface area contributed by atoms with Gasteiger partial charge in [-0.3, -0.25) is 29.4 Å². The van der Waals surface area contributed by atoms with Crippen LogP contribution in [0, 0.1) is 0 Å². The van der Waals surface area contributed by atoms with Crippen LogP contribution in [0.2, 0.25) is 0 Å². The average molecular weight is 494 g/mol. The van der Waals surface area contributed by atoms with E-state index in [-0.39, 0.29) is 30.6 Å². The molecule has 2 aliphatic rings. The summed E-state index contributed by atoms with van der Waals surface area (Å²) in [5, 5.41) is 13.9. The molecule has 1 fully saturated rings. The zero-order valence-corrected chi connectivity index (χ0v) is 19.5. The third-order valence-corrected chi connectivity index (χ3v) is 5.38. The summed E-state index contributed by atoms with van der Waals surface area (Å²) >= 11 is 0. The van der Waals surface area contributed by atoms with Crippen molar-refractivity contribution in [3.8, 4) is 0 Å². The van der Waals surface area contributed by atoms with Gasteiger partial charge in [0, 0.05) is 18.7 Å². The Labute approximate surface area is 202 Å². The van der Waals surface area contributed by atoms with Crippen molar-refractivity contribution in [3.63, 3.8) is 0 Å². The summed E-state index contributed by atoms with van der Waals surface area (Å²) < 4.78 is 21.3. The summed E-state index contributed by atoms with van der Waals surface area (Å²) in [6.45, 7) is 3.56. The third kappa shape index (κ3) is 7.29. The largest absolute Gasteiger partial charge is 0.394 e. The van der Waals surface area contributed by atoms with Crippen LogP contribution in [0.25, 0.3) is 0 Å². The van der Waals surface area contributed by atoms with Crippen molar-refractivity contribution in [1.82, 2.24) is 10.2 Å². The van der Waals surface area contributed by atoms with Crippen LogP contribution in [0.4, 0.5) is 5.69 Å². The zero-order chi connectivity index (χ0) is 25.0. The summed E-state index contributed by atoms with van der Waals surface area (Å²) in [6.07, 6.45) is 0.184. The van der Waals surface area contributed by atoms with Gasteiger partial charge >= 0.3 is 0 Å². The maximum Gasteiger partial charge on any atom is 0.264 e. The van der Waals surface area contributed by atoms with Gasteiger partial charge in [0.25, 0.3) is 11.8 Å². The van der Waals surface area contributed by atoms with Crippen molar-refractivity contribution in [1.29, 1.82) is 0 Å². The minimum atomic E-state index is -0.999. The number of carbonyl (C=O) groups is 4. The molecule has 3 N–H and O–H groups in total. The van der Waals surface area contributed by atoms with Crippen LogP contribution >= 0.6 is 0 Å². The lowest BCUT2D eigenvalue weighted by Crippen LogP contribution is -2.54. The quantitative estimate of drug-likeness (QED) is 0.204. The van der Waals surface area contributed by atoms with E-state index < -0.39 is 29.7 Å². The number of rotatable bonds is 16. The first-order chi connectivity index (χ1) is 17.0. The highest BCUT2D eigenvalue weighted by molar-refractivity contribution is 6.25. The molecule has 2 heterocycles. The third-order valence-electron chi connectivity index (χ3n) is 5.38. The molecule has 1 aromatic carbocycles. The first kappa shape index (κ1) is 26.7. The minimum Gasteiger partial charge on any atom is -0.394 e. The van der Waals surface area contributed by atoms with Gasteiger partial charge in [-0.1, -0.05) is 6.07 Å². The van der Waals surface area contributed by atoms with E-state index in [4.69, 9.17) is 24.1 Å². The summed E-state index contributed by atoms with van der Waals surface area (Å²) in [7, 11) is 0. The molecule has 0 aromatic heterocycles. The van der Waals surface area contributed by atoms with Crippen molar-refractivity contribution < 1.29 is 43.2 Å². The van der Waals surface area contributed by atoms with E-state index in [1.54, 1.807) is 18.2 Å². The molecule has 35 heavy (non-hydrogen) atoms. The number of fused-ring (bicyclic) bond motifs is 1. The van der Waals surface area contributed by atoms with E-state index in [9.17, 15) is 19.2 Å². The first-order valence-corrected chi connectivity index (χ1v) is 11.5.